The van der Waals surface area contributed by atoms with E-state index in [2.05, 4.69) is 10.3 Å². The van der Waals surface area contributed by atoms with Crippen LogP contribution in [-0.2, 0) is 0 Å². The Morgan fingerprint density at radius 3 is 3.36 bits per heavy atom. The molecule has 1 saturated heterocycles. The van der Waals surface area contributed by atoms with Gasteiger partial charge in [0.1, 0.15) is 6.10 Å². The summed E-state index contributed by atoms with van der Waals surface area (Å²) in [4.78, 5) is 4.05. The topological polar surface area (TPSA) is 34.1 Å². The lowest BCUT2D eigenvalue weighted by Gasteiger charge is -2.08. The van der Waals surface area contributed by atoms with Crippen LogP contribution in [0.15, 0.2) is 10.9 Å². The van der Waals surface area contributed by atoms with E-state index in [1.165, 1.54) is 0 Å². The third-order valence-electron chi connectivity index (χ3n) is 1.71. The van der Waals surface area contributed by atoms with Crippen LogP contribution in [0.3, 0.4) is 0 Å². The minimum Gasteiger partial charge on any atom is -0.472 e. The number of rotatable bonds is 2. The highest BCUT2D eigenvalue weighted by Crippen LogP contribution is 2.14. The third-order valence-corrected chi connectivity index (χ3v) is 2.28. The van der Waals surface area contributed by atoms with Crippen LogP contribution in [0.4, 0.5) is 0 Å². The summed E-state index contributed by atoms with van der Waals surface area (Å²) in [7, 11) is 0. The van der Waals surface area contributed by atoms with E-state index in [1.54, 1.807) is 16.8 Å². The summed E-state index contributed by atoms with van der Waals surface area (Å²) in [5, 5.41) is 5.16. The fraction of sp³-hybridized carbons (Fsp3) is 0.571. The van der Waals surface area contributed by atoms with Gasteiger partial charge in [-0.15, -0.1) is 11.3 Å². The van der Waals surface area contributed by atoms with Gasteiger partial charge in [0.15, 0.2) is 0 Å². The Morgan fingerprint density at radius 2 is 2.73 bits per heavy atom. The Labute approximate surface area is 69.4 Å². The summed E-state index contributed by atoms with van der Waals surface area (Å²) < 4.78 is 5.55. The summed E-state index contributed by atoms with van der Waals surface area (Å²) in [5.41, 5.74) is 1.79. The lowest BCUT2D eigenvalue weighted by atomic mass is 10.3. The zero-order valence-electron chi connectivity index (χ0n) is 6.12. The minimum absolute atomic E-state index is 0.331. The lowest BCUT2D eigenvalue weighted by Crippen LogP contribution is -2.19. The van der Waals surface area contributed by atoms with Crippen molar-refractivity contribution in [1.29, 1.82) is 0 Å². The molecular formula is C7H10N2OS. The third kappa shape index (κ3) is 1.70. The van der Waals surface area contributed by atoms with E-state index in [0.29, 0.717) is 6.10 Å². The minimum atomic E-state index is 0.331. The summed E-state index contributed by atoms with van der Waals surface area (Å²) in [6.07, 6.45) is 1.43. The average molecular weight is 170 g/mol. The van der Waals surface area contributed by atoms with Crippen molar-refractivity contribution in [3.8, 4) is 5.88 Å². The molecule has 0 bridgehead atoms. The van der Waals surface area contributed by atoms with Crippen molar-refractivity contribution in [2.75, 3.05) is 13.1 Å². The molecule has 2 heterocycles. The smallest absolute Gasteiger partial charge is 0.224 e. The fourth-order valence-corrected chi connectivity index (χ4v) is 1.62. The molecule has 1 unspecified atom stereocenters. The van der Waals surface area contributed by atoms with Gasteiger partial charge in [-0.05, 0) is 13.0 Å². The maximum atomic E-state index is 5.55. The van der Waals surface area contributed by atoms with Crippen LogP contribution in [0.25, 0.3) is 0 Å². The highest BCUT2D eigenvalue weighted by molar-refractivity contribution is 7.07. The molecule has 1 fully saturated rings. The van der Waals surface area contributed by atoms with Gasteiger partial charge in [-0.25, -0.2) is 4.98 Å². The average Bonchev–Trinajstić information content (AvgIpc) is 2.60. The molecule has 3 nitrogen and oxygen atoms in total. The highest BCUT2D eigenvalue weighted by Gasteiger charge is 2.15. The van der Waals surface area contributed by atoms with Crippen LogP contribution in [0.1, 0.15) is 6.42 Å². The Hall–Kier alpha value is -0.610. The molecule has 1 aliphatic heterocycles. The van der Waals surface area contributed by atoms with Crippen molar-refractivity contribution in [2.24, 2.45) is 0 Å². The molecule has 11 heavy (non-hydrogen) atoms. The number of nitrogens with one attached hydrogen (secondary N) is 1. The number of thiazole rings is 1. The summed E-state index contributed by atoms with van der Waals surface area (Å²) in [6, 6.07) is 0. The first-order valence-electron chi connectivity index (χ1n) is 3.71. The number of hydrogen-bond acceptors (Lipinski definition) is 4. The van der Waals surface area contributed by atoms with Crippen molar-refractivity contribution < 1.29 is 4.74 Å². The molecule has 0 aromatic carbocycles. The van der Waals surface area contributed by atoms with E-state index in [1.807, 2.05) is 5.38 Å². The van der Waals surface area contributed by atoms with Gasteiger partial charge >= 0.3 is 0 Å². The Kier molecular flexibility index (Phi) is 2.05. The van der Waals surface area contributed by atoms with E-state index < -0.39 is 0 Å². The lowest BCUT2D eigenvalue weighted by molar-refractivity contribution is 0.215. The van der Waals surface area contributed by atoms with E-state index in [-0.39, 0.29) is 0 Å². The van der Waals surface area contributed by atoms with Gasteiger partial charge in [0.05, 0.1) is 10.9 Å². The van der Waals surface area contributed by atoms with Crippen molar-refractivity contribution in [3.63, 3.8) is 0 Å². The van der Waals surface area contributed by atoms with Gasteiger partial charge < -0.3 is 10.1 Å². The van der Waals surface area contributed by atoms with Gasteiger partial charge in [-0.2, -0.15) is 0 Å². The van der Waals surface area contributed by atoms with Gasteiger partial charge in [0.25, 0.3) is 0 Å². The molecule has 1 aromatic heterocycles. The van der Waals surface area contributed by atoms with Crippen molar-refractivity contribution in [3.05, 3.63) is 10.9 Å². The van der Waals surface area contributed by atoms with E-state index in [9.17, 15) is 0 Å². The number of aromatic nitrogens is 1. The predicted molar refractivity (Wildman–Crippen MR) is 44.0 cm³/mol. The highest BCUT2D eigenvalue weighted by atomic mass is 32.1. The molecule has 0 aliphatic carbocycles. The van der Waals surface area contributed by atoms with Crippen LogP contribution in [0.2, 0.25) is 0 Å². The first-order valence-corrected chi connectivity index (χ1v) is 4.65. The van der Waals surface area contributed by atoms with E-state index >= 15 is 0 Å². The molecule has 0 radical (unpaired) electrons. The second-order valence-electron chi connectivity index (χ2n) is 2.56. The Morgan fingerprint density at radius 1 is 1.73 bits per heavy atom. The monoisotopic (exact) mass is 170 g/mol. The quantitative estimate of drug-likeness (QED) is 0.715. The molecule has 1 aliphatic rings. The SMILES string of the molecule is c1nc(OC2CCNC2)cs1. The van der Waals surface area contributed by atoms with Crippen molar-refractivity contribution in [2.45, 2.75) is 12.5 Å². The summed E-state index contributed by atoms with van der Waals surface area (Å²) in [6.45, 7) is 2.02. The molecule has 4 heteroatoms. The first kappa shape index (κ1) is 7.06. The second-order valence-corrected chi connectivity index (χ2v) is 3.28. The summed E-state index contributed by atoms with van der Waals surface area (Å²) in [5.74, 6) is 0.767. The normalized spacial score (nSPS) is 23.8. The van der Waals surface area contributed by atoms with Crippen LogP contribution in [0, 0.1) is 0 Å². The van der Waals surface area contributed by atoms with Crippen molar-refractivity contribution >= 4 is 11.3 Å². The van der Waals surface area contributed by atoms with E-state index in [4.69, 9.17) is 4.74 Å². The molecule has 1 atom stereocenters. The Balaban J connectivity index is 1.90. The standard InChI is InChI=1S/C7H10N2OS/c1-2-8-3-6(1)10-7-4-11-5-9-7/h4-6,8H,1-3H2. The molecule has 2 rings (SSSR count). The Bertz CT molecular complexity index is 206. The van der Waals surface area contributed by atoms with Gasteiger partial charge in [-0.1, -0.05) is 0 Å². The van der Waals surface area contributed by atoms with Crippen LogP contribution >= 0.6 is 11.3 Å². The van der Waals surface area contributed by atoms with E-state index in [0.717, 1.165) is 25.4 Å². The first-order chi connectivity index (χ1) is 5.45. The van der Waals surface area contributed by atoms with Gasteiger partial charge in [0.2, 0.25) is 5.88 Å². The molecular weight excluding hydrogens is 160 g/mol. The molecule has 0 saturated carbocycles. The molecule has 1 N–H and O–H groups in total. The van der Waals surface area contributed by atoms with Crippen LogP contribution in [0.5, 0.6) is 5.88 Å². The maximum absolute atomic E-state index is 5.55. The van der Waals surface area contributed by atoms with Gasteiger partial charge in [0, 0.05) is 6.54 Å². The largest absolute Gasteiger partial charge is 0.472 e. The molecule has 1 aromatic rings. The van der Waals surface area contributed by atoms with Crippen LogP contribution < -0.4 is 10.1 Å². The number of ether oxygens (including phenoxy) is 1. The molecule has 0 spiro atoms. The zero-order chi connectivity index (χ0) is 7.52. The second kappa shape index (κ2) is 3.19. The number of nitrogens with zero attached hydrogens (tertiary/aromatic N) is 1. The fourth-order valence-electron chi connectivity index (χ4n) is 1.16. The van der Waals surface area contributed by atoms with Crippen LogP contribution in [-0.4, -0.2) is 24.2 Å². The number of hydrogen-bond donors (Lipinski definition) is 1. The summed E-state index contributed by atoms with van der Waals surface area (Å²) >= 11 is 1.57. The van der Waals surface area contributed by atoms with Crippen molar-refractivity contribution in [1.82, 2.24) is 10.3 Å². The molecule has 60 valence electrons. The maximum Gasteiger partial charge on any atom is 0.224 e. The zero-order valence-corrected chi connectivity index (χ0v) is 6.93. The predicted octanol–water partition coefficient (Wildman–Crippen LogP) is 0.884. The van der Waals surface area contributed by atoms with Gasteiger partial charge in [-0.3, -0.25) is 0 Å². The molecule has 0 amide bonds.